The molecule has 0 saturated carbocycles. The van der Waals surface area contributed by atoms with Crippen LogP contribution in [0.25, 0.3) is 72.3 Å². The van der Waals surface area contributed by atoms with Crippen molar-refractivity contribution >= 4 is 109 Å². The SMILES string of the molecule is CCCCCCCCN(CCCCCCCC)c1ccc(-c2cc3sc(-c4c(N(C)C)nc(-c5cc6c(s5)c5sc(CC(CC)CCCC)cc5n6CCCCCC)c5nsnc45)cc3s2)cc1. The summed E-state index contributed by atoms with van der Waals surface area (Å²) in [7, 11) is 4.24. The van der Waals surface area contributed by atoms with Gasteiger partial charge >= 0.3 is 0 Å². The predicted octanol–water partition coefficient (Wildman–Crippen LogP) is 19.5. The second-order valence-corrected chi connectivity index (χ2v) is 24.5. The molecule has 7 aromatic heterocycles. The van der Waals surface area contributed by atoms with Gasteiger partial charge in [-0.2, -0.15) is 8.75 Å². The monoisotopic (exact) mass is 1010 g/mol. The van der Waals surface area contributed by atoms with Crippen LogP contribution >= 0.6 is 57.1 Å². The molecule has 0 aliphatic heterocycles. The van der Waals surface area contributed by atoms with E-state index in [1.54, 1.807) is 4.88 Å². The van der Waals surface area contributed by atoms with Gasteiger partial charge in [-0.05, 0) is 73.6 Å². The van der Waals surface area contributed by atoms with Gasteiger partial charge in [-0.15, -0.1) is 45.3 Å². The highest BCUT2D eigenvalue weighted by molar-refractivity contribution is 7.31. The lowest BCUT2D eigenvalue weighted by Crippen LogP contribution is -2.25. The molecule has 8 aromatic rings. The van der Waals surface area contributed by atoms with Gasteiger partial charge in [0, 0.05) is 63.4 Å². The van der Waals surface area contributed by atoms with Gasteiger partial charge in [-0.1, -0.05) is 156 Å². The first-order chi connectivity index (χ1) is 33.3. The maximum Gasteiger partial charge on any atom is 0.139 e. The van der Waals surface area contributed by atoms with Crippen LogP contribution in [-0.4, -0.2) is 45.5 Å². The van der Waals surface area contributed by atoms with Crippen molar-refractivity contribution in [3.63, 3.8) is 0 Å². The van der Waals surface area contributed by atoms with E-state index in [1.165, 1.54) is 202 Å². The molecule has 1 atom stereocenters. The summed E-state index contributed by atoms with van der Waals surface area (Å²) in [6.45, 7) is 15.0. The Hall–Kier alpha value is -3.35. The van der Waals surface area contributed by atoms with E-state index in [0.717, 1.165) is 53.7 Å². The molecule has 0 saturated heterocycles. The van der Waals surface area contributed by atoms with Crippen LogP contribution < -0.4 is 9.80 Å². The predicted molar refractivity (Wildman–Crippen MR) is 308 cm³/mol. The largest absolute Gasteiger partial charge is 0.372 e. The lowest BCUT2D eigenvalue weighted by Gasteiger charge is -2.25. The Kier molecular flexibility index (Phi) is 18.9. The van der Waals surface area contributed by atoms with E-state index in [9.17, 15) is 0 Å². The number of pyridine rings is 1. The number of benzene rings is 1. The summed E-state index contributed by atoms with van der Waals surface area (Å²) in [6, 6.07) is 19.2. The molecule has 6 nitrogen and oxygen atoms in total. The molecule has 366 valence electrons. The van der Waals surface area contributed by atoms with Crippen LogP contribution in [0.5, 0.6) is 0 Å². The van der Waals surface area contributed by atoms with Crippen molar-refractivity contribution in [2.24, 2.45) is 5.92 Å². The van der Waals surface area contributed by atoms with E-state index < -0.39 is 0 Å². The third-order valence-corrected chi connectivity index (χ3v) is 19.4. The van der Waals surface area contributed by atoms with Crippen molar-refractivity contribution in [2.75, 3.05) is 37.0 Å². The fourth-order valence-corrected chi connectivity index (χ4v) is 15.6. The second kappa shape index (κ2) is 25.2. The molecule has 7 heterocycles. The number of aryl methyl sites for hydroxylation is 1. The summed E-state index contributed by atoms with van der Waals surface area (Å²) in [5, 5.41) is 0. The van der Waals surface area contributed by atoms with Crippen molar-refractivity contribution in [3.8, 4) is 31.5 Å². The maximum absolute atomic E-state index is 5.53. The highest BCUT2D eigenvalue weighted by atomic mass is 32.1. The van der Waals surface area contributed by atoms with Crippen LogP contribution in [-0.2, 0) is 13.0 Å². The van der Waals surface area contributed by atoms with Crippen molar-refractivity contribution in [1.29, 1.82) is 0 Å². The normalized spacial score (nSPS) is 12.5. The zero-order valence-corrected chi connectivity index (χ0v) is 46.5. The third kappa shape index (κ3) is 12.0. The molecule has 1 unspecified atom stereocenters. The first-order valence-corrected chi connectivity index (χ1v) is 30.6. The first kappa shape index (κ1) is 51.0. The molecule has 0 amide bonds. The Balaban J connectivity index is 1.06. The number of rotatable bonds is 30. The Labute approximate surface area is 428 Å². The zero-order chi connectivity index (χ0) is 47.4. The molecule has 0 N–H and O–H groups in total. The number of anilines is 2. The van der Waals surface area contributed by atoms with Gasteiger partial charge in [0.2, 0.25) is 0 Å². The maximum atomic E-state index is 5.53. The molecule has 68 heavy (non-hydrogen) atoms. The molecule has 0 bridgehead atoms. The van der Waals surface area contributed by atoms with Crippen LogP contribution in [0.15, 0.2) is 48.5 Å². The first-order valence-electron chi connectivity index (χ1n) is 26.6. The average molecular weight is 1010 g/mol. The number of hydrogen-bond donors (Lipinski definition) is 0. The number of aromatic nitrogens is 4. The molecular weight excluding hydrogens is 929 g/mol. The lowest BCUT2D eigenvalue weighted by molar-refractivity contribution is 0.452. The van der Waals surface area contributed by atoms with Crippen LogP contribution in [0.1, 0.15) is 168 Å². The highest BCUT2D eigenvalue weighted by Gasteiger charge is 2.26. The number of unbranched alkanes of at least 4 members (excludes halogenated alkanes) is 14. The number of fused-ring (bicyclic) bond motifs is 5. The minimum atomic E-state index is 0.761. The Morgan fingerprint density at radius 2 is 1.16 bits per heavy atom. The van der Waals surface area contributed by atoms with Crippen LogP contribution in [0.3, 0.4) is 0 Å². The second-order valence-electron chi connectivity index (χ2n) is 19.6. The van der Waals surface area contributed by atoms with E-state index >= 15 is 0 Å². The highest BCUT2D eigenvalue weighted by Crippen LogP contribution is 2.49. The molecular formula is C57H78N6S5. The van der Waals surface area contributed by atoms with Crippen molar-refractivity contribution < 1.29 is 0 Å². The molecule has 11 heteroatoms. The van der Waals surface area contributed by atoms with Gasteiger partial charge in [0.05, 0.1) is 42.6 Å². The fourth-order valence-electron chi connectivity index (χ4n) is 10.1. The standard InChI is InChI=1S/C57H78N6S5/c1-8-13-17-20-22-24-32-62(33-25-23-21-18-14-9-2)42-30-28-41(29-31-42)46-38-47-48(65-46)39-49(66-47)51-53-54(60-68-59-53)52(58-57(51)61(6)7)50-37-45-56(67-50)55-44(63(45)34-26-19-15-10-3)36-43(64-55)35-40(12-5)27-16-11-4/h28-31,36-40H,8-27,32-35H2,1-7H3. The molecule has 0 spiro atoms. The van der Waals surface area contributed by atoms with E-state index in [-0.39, 0.29) is 0 Å². The Morgan fingerprint density at radius 1 is 0.574 bits per heavy atom. The van der Waals surface area contributed by atoms with Crippen molar-refractivity contribution in [1.82, 2.24) is 18.3 Å². The molecule has 8 rings (SSSR count). The molecule has 0 aliphatic rings. The van der Waals surface area contributed by atoms with Crippen LogP contribution in [0.4, 0.5) is 11.5 Å². The molecule has 0 aliphatic carbocycles. The number of nitrogens with zero attached hydrogens (tertiary/aromatic N) is 6. The molecule has 0 radical (unpaired) electrons. The summed E-state index contributed by atoms with van der Waals surface area (Å²) in [6.07, 6.45) is 27.5. The van der Waals surface area contributed by atoms with E-state index in [2.05, 4.69) is 112 Å². The average Bonchev–Trinajstić information content (AvgIpc) is 4.22. The minimum absolute atomic E-state index is 0.761. The summed E-state index contributed by atoms with van der Waals surface area (Å²) in [4.78, 5) is 15.6. The summed E-state index contributed by atoms with van der Waals surface area (Å²) < 4.78 is 18.2. The third-order valence-electron chi connectivity index (χ3n) is 14.1. The zero-order valence-electron chi connectivity index (χ0n) is 42.4. The summed E-state index contributed by atoms with van der Waals surface area (Å²) >= 11 is 9.02. The summed E-state index contributed by atoms with van der Waals surface area (Å²) in [5.41, 5.74) is 9.39. The fraction of sp³-hybridized carbons (Fsp3) is 0.561. The van der Waals surface area contributed by atoms with Gasteiger partial charge in [0.15, 0.2) is 0 Å². The van der Waals surface area contributed by atoms with Gasteiger partial charge in [-0.3, -0.25) is 0 Å². The smallest absolute Gasteiger partial charge is 0.139 e. The van der Waals surface area contributed by atoms with Crippen LogP contribution in [0.2, 0.25) is 0 Å². The minimum Gasteiger partial charge on any atom is -0.372 e. The number of thiophene rings is 4. The lowest BCUT2D eigenvalue weighted by atomic mass is 9.95. The van der Waals surface area contributed by atoms with Gasteiger partial charge in [0.1, 0.15) is 22.5 Å². The topological polar surface area (TPSA) is 50.1 Å². The van der Waals surface area contributed by atoms with Crippen molar-refractivity contribution in [3.05, 3.63) is 53.4 Å². The number of hydrogen-bond acceptors (Lipinski definition) is 10. The van der Waals surface area contributed by atoms with Crippen molar-refractivity contribution in [2.45, 2.75) is 176 Å². The van der Waals surface area contributed by atoms with E-state index in [4.69, 9.17) is 13.7 Å². The Morgan fingerprint density at radius 3 is 1.82 bits per heavy atom. The van der Waals surface area contributed by atoms with Gasteiger partial charge in [-0.25, -0.2) is 4.98 Å². The van der Waals surface area contributed by atoms with E-state index in [1.807, 2.05) is 45.3 Å². The van der Waals surface area contributed by atoms with Gasteiger partial charge < -0.3 is 14.4 Å². The summed E-state index contributed by atoms with van der Waals surface area (Å²) in [5.74, 6) is 1.72. The molecule has 0 fully saturated rings. The molecule has 1 aromatic carbocycles. The Bertz CT molecular complexity index is 2730. The van der Waals surface area contributed by atoms with E-state index in [0.29, 0.717) is 0 Å². The van der Waals surface area contributed by atoms with Gasteiger partial charge in [0.25, 0.3) is 0 Å². The van der Waals surface area contributed by atoms with Crippen LogP contribution in [0, 0.1) is 5.92 Å². The quantitative estimate of drug-likeness (QED) is 0.0420.